The quantitative estimate of drug-likeness (QED) is 0.874. The van der Waals surface area contributed by atoms with Crippen molar-refractivity contribution in [2.45, 2.75) is 30.6 Å². The molecule has 2 unspecified atom stereocenters. The van der Waals surface area contributed by atoms with E-state index in [0.717, 1.165) is 24.2 Å². The topological polar surface area (TPSA) is 55.4 Å². The van der Waals surface area contributed by atoms with Crippen LogP contribution in [0.1, 0.15) is 25.7 Å². The summed E-state index contributed by atoms with van der Waals surface area (Å²) in [6.45, 7) is 3.02. The molecular weight excluding hydrogens is 298 g/mol. The second-order valence-electron chi connectivity index (χ2n) is 6.63. The minimum atomic E-state index is -3.16. The van der Waals surface area contributed by atoms with Crippen molar-refractivity contribution in [1.82, 2.24) is 5.32 Å². The van der Waals surface area contributed by atoms with Crippen LogP contribution in [0.25, 0.3) is 0 Å². The van der Waals surface area contributed by atoms with E-state index >= 15 is 0 Å². The van der Waals surface area contributed by atoms with Crippen molar-refractivity contribution in [2.75, 3.05) is 26.0 Å². The van der Waals surface area contributed by atoms with Crippen molar-refractivity contribution in [1.29, 1.82) is 0 Å². The summed E-state index contributed by atoms with van der Waals surface area (Å²) in [4.78, 5) is 0.323. The Morgan fingerprint density at radius 1 is 1.27 bits per heavy atom. The van der Waals surface area contributed by atoms with Crippen molar-refractivity contribution in [3.8, 4) is 5.75 Å². The molecular formula is C17H25NO3S. The Morgan fingerprint density at radius 3 is 2.77 bits per heavy atom. The summed E-state index contributed by atoms with van der Waals surface area (Å²) in [6, 6.07) is 6.79. The number of nitrogens with one attached hydrogen (secondary N) is 1. The summed E-state index contributed by atoms with van der Waals surface area (Å²) in [5.41, 5.74) is 0. The van der Waals surface area contributed by atoms with Crippen LogP contribution >= 0.6 is 0 Å². The Labute approximate surface area is 133 Å². The second-order valence-corrected chi connectivity index (χ2v) is 8.65. The highest BCUT2D eigenvalue weighted by atomic mass is 32.2. The Bertz CT molecular complexity index is 608. The van der Waals surface area contributed by atoms with Crippen LogP contribution in [-0.2, 0) is 9.84 Å². The summed E-state index contributed by atoms with van der Waals surface area (Å²) in [6.07, 6.45) is 6.28. The lowest BCUT2D eigenvalue weighted by molar-refractivity contribution is 0.279. The van der Waals surface area contributed by atoms with Gasteiger partial charge in [-0.05, 0) is 74.7 Å². The lowest BCUT2D eigenvalue weighted by atomic mass is 9.91. The molecule has 1 saturated heterocycles. The van der Waals surface area contributed by atoms with Crippen LogP contribution in [0.2, 0.25) is 0 Å². The van der Waals surface area contributed by atoms with Crippen LogP contribution in [-0.4, -0.2) is 34.4 Å². The van der Waals surface area contributed by atoms with E-state index in [-0.39, 0.29) is 0 Å². The molecule has 2 aliphatic rings. The molecule has 0 bridgehead atoms. The molecule has 0 aromatic heterocycles. The first-order valence-electron chi connectivity index (χ1n) is 8.17. The summed E-state index contributed by atoms with van der Waals surface area (Å²) in [7, 11) is -3.16. The second kappa shape index (κ2) is 6.59. The minimum absolute atomic E-state index is 0.323. The molecule has 1 heterocycles. The molecule has 122 valence electrons. The predicted octanol–water partition coefficient (Wildman–Crippen LogP) is 2.49. The van der Waals surface area contributed by atoms with Crippen LogP contribution in [0.15, 0.2) is 29.2 Å². The van der Waals surface area contributed by atoms with Crippen LogP contribution < -0.4 is 10.1 Å². The number of hydrogen-bond donors (Lipinski definition) is 1. The zero-order valence-corrected chi connectivity index (χ0v) is 13.9. The van der Waals surface area contributed by atoms with Crippen molar-refractivity contribution in [3.63, 3.8) is 0 Å². The van der Waals surface area contributed by atoms with Gasteiger partial charge in [0, 0.05) is 6.26 Å². The summed E-state index contributed by atoms with van der Waals surface area (Å²) in [5, 5.41) is 3.42. The molecule has 1 aromatic carbocycles. The molecule has 2 fully saturated rings. The van der Waals surface area contributed by atoms with Gasteiger partial charge in [-0.15, -0.1) is 0 Å². The third kappa shape index (κ3) is 4.02. The lowest BCUT2D eigenvalue weighted by Gasteiger charge is -2.22. The van der Waals surface area contributed by atoms with Crippen LogP contribution in [0.5, 0.6) is 5.75 Å². The molecule has 1 aromatic rings. The minimum Gasteiger partial charge on any atom is -0.494 e. The fourth-order valence-corrected chi connectivity index (χ4v) is 4.23. The molecule has 0 amide bonds. The molecule has 0 radical (unpaired) electrons. The van der Waals surface area contributed by atoms with Crippen LogP contribution in [0, 0.1) is 17.8 Å². The summed E-state index contributed by atoms with van der Waals surface area (Å²) < 4.78 is 28.8. The third-order valence-corrected chi connectivity index (χ3v) is 6.07. The van der Waals surface area contributed by atoms with E-state index < -0.39 is 9.84 Å². The Morgan fingerprint density at radius 2 is 2.05 bits per heavy atom. The largest absolute Gasteiger partial charge is 0.494 e. The maximum atomic E-state index is 11.5. The fraction of sp³-hybridized carbons (Fsp3) is 0.647. The summed E-state index contributed by atoms with van der Waals surface area (Å²) >= 11 is 0. The van der Waals surface area contributed by atoms with Crippen LogP contribution in [0.4, 0.5) is 0 Å². The van der Waals surface area contributed by atoms with Gasteiger partial charge in [0.1, 0.15) is 5.75 Å². The first kappa shape index (κ1) is 15.8. The molecule has 3 rings (SSSR count). The number of ether oxygens (including phenoxy) is 1. The zero-order chi connectivity index (χ0) is 15.6. The Hall–Kier alpha value is -1.07. The van der Waals surface area contributed by atoms with Gasteiger partial charge in [0.15, 0.2) is 9.84 Å². The average molecular weight is 323 g/mol. The van der Waals surface area contributed by atoms with E-state index in [9.17, 15) is 8.42 Å². The Balaban J connectivity index is 1.44. The highest BCUT2D eigenvalue weighted by Gasteiger charge is 2.42. The highest BCUT2D eigenvalue weighted by molar-refractivity contribution is 7.90. The average Bonchev–Trinajstić information content (AvgIpc) is 3.27. The molecule has 4 nitrogen and oxygen atoms in total. The maximum absolute atomic E-state index is 11.5. The van der Waals surface area contributed by atoms with Crippen molar-refractivity contribution < 1.29 is 13.2 Å². The lowest BCUT2D eigenvalue weighted by Crippen LogP contribution is -2.29. The van der Waals surface area contributed by atoms with E-state index in [0.29, 0.717) is 17.3 Å². The van der Waals surface area contributed by atoms with E-state index in [1.54, 1.807) is 18.2 Å². The van der Waals surface area contributed by atoms with Gasteiger partial charge in [-0.25, -0.2) is 8.42 Å². The van der Waals surface area contributed by atoms with Crippen molar-refractivity contribution >= 4 is 9.84 Å². The van der Waals surface area contributed by atoms with Gasteiger partial charge < -0.3 is 10.1 Å². The number of benzene rings is 1. The van der Waals surface area contributed by atoms with E-state index in [2.05, 4.69) is 5.32 Å². The number of sulfone groups is 1. The van der Waals surface area contributed by atoms with Crippen molar-refractivity contribution in [2.24, 2.45) is 17.8 Å². The molecule has 1 saturated carbocycles. The number of piperidine rings is 1. The first-order chi connectivity index (χ1) is 10.5. The SMILES string of the molecule is CS(=O)(=O)c1cccc(OCCC2CC2C2CCNCC2)c1. The monoisotopic (exact) mass is 323 g/mol. The molecule has 5 heteroatoms. The molecule has 1 N–H and O–H groups in total. The predicted molar refractivity (Wildman–Crippen MR) is 86.9 cm³/mol. The number of hydrogen-bond acceptors (Lipinski definition) is 4. The molecule has 1 aliphatic carbocycles. The molecule has 2 atom stereocenters. The van der Waals surface area contributed by atoms with E-state index in [1.165, 1.54) is 38.6 Å². The smallest absolute Gasteiger partial charge is 0.175 e. The molecule has 0 spiro atoms. The third-order valence-electron chi connectivity index (χ3n) is 4.96. The highest BCUT2D eigenvalue weighted by Crippen LogP contribution is 2.49. The summed E-state index contributed by atoms with van der Waals surface area (Å²) in [5.74, 6) is 3.26. The van der Waals surface area contributed by atoms with Crippen LogP contribution in [0.3, 0.4) is 0 Å². The molecule has 1 aliphatic heterocycles. The van der Waals surface area contributed by atoms with Crippen molar-refractivity contribution in [3.05, 3.63) is 24.3 Å². The first-order valence-corrected chi connectivity index (χ1v) is 10.1. The van der Waals surface area contributed by atoms with Gasteiger partial charge in [-0.3, -0.25) is 0 Å². The van der Waals surface area contributed by atoms with Gasteiger partial charge in [0.2, 0.25) is 0 Å². The van der Waals surface area contributed by atoms with Gasteiger partial charge in [-0.1, -0.05) is 6.07 Å². The van der Waals surface area contributed by atoms with Gasteiger partial charge >= 0.3 is 0 Å². The fourth-order valence-electron chi connectivity index (χ4n) is 3.58. The normalized spacial score (nSPS) is 25.9. The Kier molecular flexibility index (Phi) is 4.73. The number of rotatable bonds is 6. The van der Waals surface area contributed by atoms with Gasteiger partial charge in [-0.2, -0.15) is 0 Å². The standard InChI is InChI=1S/C17H25NO3S/c1-22(19,20)16-4-2-3-15(12-16)21-10-7-14-11-17(14)13-5-8-18-9-6-13/h2-4,12-14,17-18H,5-11H2,1H3. The molecule has 22 heavy (non-hydrogen) atoms. The van der Waals surface area contributed by atoms with E-state index in [4.69, 9.17) is 4.74 Å². The van der Waals surface area contributed by atoms with E-state index in [1.807, 2.05) is 6.07 Å². The van der Waals surface area contributed by atoms with Gasteiger partial charge in [0.25, 0.3) is 0 Å². The van der Waals surface area contributed by atoms with Gasteiger partial charge in [0.05, 0.1) is 11.5 Å². The zero-order valence-electron chi connectivity index (χ0n) is 13.1. The maximum Gasteiger partial charge on any atom is 0.175 e.